The molecule has 0 unspecified atom stereocenters. The van der Waals surface area contributed by atoms with Gasteiger partial charge in [-0.05, 0) is 36.4 Å². The summed E-state index contributed by atoms with van der Waals surface area (Å²) in [5.74, 6) is 3.12. The molecular weight excluding hydrogens is 447 g/mol. The number of benzene rings is 3. The van der Waals surface area contributed by atoms with Crippen molar-refractivity contribution in [3.05, 3.63) is 60.2 Å². The summed E-state index contributed by atoms with van der Waals surface area (Å²) in [6.45, 7) is 0.309. The normalized spacial score (nSPS) is 12.4. The van der Waals surface area contributed by atoms with E-state index in [2.05, 4.69) is 0 Å². The van der Waals surface area contributed by atoms with Crippen LogP contribution >= 0.6 is 0 Å². The molecule has 0 aliphatic carbocycles. The van der Waals surface area contributed by atoms with Gasteiger partial charge in [-0.15, -0.1) is 0 Å². The molecule has 10 heteroatoms. The van der Waals surface area contributed by atoms with E-state index >= 15 is 0 Å². The summed E-state index contributed by atoms with van der Waals surface area (Å²) in [4.78, 5) is 11.5. The van der Waals surface area contributed by atoms with E-state index < -0.39 is 5.97 Å². The van der Waals surface area contributed by atoms with Crippen molar-refractivity contribution in [2.24, 2.45) is 0 Å². The molecule has 0 saturated heterocycles. The van der Waals surface area contributed by atoms with E-state index in [1.807, 2.05) is 0 Å². The van der Waals surface area contributed by atoms with E-state index in [0.29, 0.717) is 51.6 Å². The first-order valence-corrected chi connectivity index (χ1v) is 9.14. The topological polar surface area (TPSA) is 123 Å². The van der Waals surface area contributed by atoms with Crippen LogP contribution in [-0.4, -0.2) is 30.1 Å². The molecule has 2 heterocycles. The van der Waals surface area contributed by atoms with E-state index in [-0.39, 0.29) is 76.9 Å². The van der Waals surface area contributed by atoms with Gasteiger partial charge in [0.25, 0.3) is 0 Å². The second-order valence-corrected chi connectivity index (χ2v) is 6.54. The Hall–Kier alpha value is -2.47. The van der Waals surface area contributed by atoms with Gasteiger partial charge in [0, 0.05) is 17.7 Å². The molecule has 160 valence electrons. The van der Waals surface area contributed by atoms with Gasteiger partial charge in [-0.25, -0.2) is 0 Å². The number of hydrogen-bond donors (Lipinski definition) is 1. The molecule has 0 bridgehead atoms. The molecule has 0 fully saturated rings. The number of rotatable bonds is 6. The maximum atomic E-state index is 11.5. The first-order chi connectivity index (χ1) is 14.7. The second kappa shape index (κ2) is 10.4. The smallest absolute Gasteiger partial charge is 0.870 e. The number of carboxylic acid groups (broad SMARTS) is 1. The number of hydrogen-bond acceptors (Lipinski definition) is 8. The molecule has 0 aromatic heterocycles. The maximum Gasteiger partial charge on any atom is 1.00 e. The zero-order valence-electron chi connectivity index (χ0n) is 17.1. The molecule has 2 aliphatic rings. The molecule has 0 radical (unpaired) electrons. The van der Waals surface area contributed by atoms with Gasteiger partial charge in [-0.3, -0.25) is 4.79 Å². The van der Waals surface area contributed by atoms with Crippen molar-refractivity contribution in [3.63, 3.8) is 0 Å². The second-order valence-electron chi connectivity index (χ2n) is 6.54. The number of aliphatic carboxylic acids is 1. The molecule has 3 aromatic carbocycles. The summed E-state index contributed by atoms with van der Waals surface area (Å²) >= 11 is 0. The number of carboxylic acids is 1. The Morgan fingerprint density at radius 2 is 1.25 bits per heavy atom. The van der Waals surface area contributed by atoms with Crippen molar-refractivity contribution in [2.75, 3.05) is 13.6 Å². The third-order valence-electron chi connectivity index (χ3n) is 4.56. The summed E-state index contributed by atoms with van der Waals surface area (Å²) in [5, 5.41) is 9.42. The first kappa shape index (κ1) is 24.2. The average molecular weight is 464 g/mol. The molecule has 0 atom stereocenters. The van der Waals surface area contributed by atoms with Crippen LogP contribution in [0.4, 0.5) is 0 Å². The predicted octanol–water partition coefficient (Wildman–Crippen LogP) is 1.18. The molecule has 0 amide bonds. The molecule has 2 aliphatic heterocycles. The van der Waals surface area contributed by atoms with Crippen molar-refractivity contribution >= 4 is 5.97 Å². The van der Waals surface area contributed by atoms with Crippen LogP contribution in [0.5, 0.6) is 46.0 Å². The van der Waals surface area contributed by atoms with Gasteiger partial charge in [0.15, 0.2) is 23.0 Å². The minimum Gasteiger partial charge on any atom is -0.870 e. The zero-order valence-corrected chi connectivity index (χ0v) is 20.2. The summed E-state index contributed by atoms with van der Waals surface area (Å²) in [6.07, 6.45) is -0.277. The van der Waals surface area contributed by atoms with E-state index in [9.17, 15) is 9.90 Å². The van der Waals surface area contributed by atoms with Gasteiger partial charge in [0.05, 0.1) is 6.42 Å². The summed E-state index contributed by atoms with van der Waals surface area (Å²) in [6, 6.07) is 15.4. The van der Waals surface area contributed by atoms with Gasteiger partial charge >= 0.3 is 57.4 Å². The number of carbonyl (C=O) groups is 1. The summed E-state index contributed by atoms with van der Waals surface area (Å²) in [7, 11) is 0. The largest absolute Gasteiger partial charge is 1.00 e. The van der Waals surface area contributed by atoms with Crippen LogP contribution in [0.3, 0.4) is 0 Å². The van der Waals surface area contributed by atoms with Gasteiger partial charge < -0.3 is 39.0 Å². The molecular formula is C22H17KO9. The van der Waals surface area contributed by atoms with E-state index in [1.54, 1.807) is 54.6 Å². The first-order valence-electron chi connectivity index (χ1n) is 9.14. The Morgan fingerprint density at radius 3 is 1.72 bits per heavy atom. The van der Waals surface area contributed by atoms with Crippen LogP contribution in [0, 0.1) is 0 Å². The minimum absolute atomic E-state index is 0. The van der Waals surface area contributed by atoms with Gasteiger partial charge in [-0.1, -0.05) is 6.07 Å². The van der Waals surface area contributed by atoms with Crippen LogP contribution in [0.1, 0.15) is 5.56 Å². The van der Waals surface area contributed by atoms with Crippen LogP contribution in [0.15, 0.2) is 54.6 Å². The average Bonchev–Trinajstić information content (AvgIpc) is 3.38. The van der Waals surface area contributed by atoms with Crippen molar-refractivity contribution < 1.29 is 95.2 Å². The Kier molecular flexibility index (Phi) is 7.88. The third-order valence-corrected chi connectivity index (χ3v) is 4.56. The van der Waals surface area contributed by atoms with Crippen molar-refractivity contribution in [2.45, 2.75) is 6.42 Å². The monoisotopic (exact) mass is 464 g/mol. The van der Waals surface area contributed by atoms with Crippen LogP contribution < -0.4 is 79.8 Å². The van der Waals surface area contributed by atoms with Gasteiger partial charge in [0.1, 0.15) is 23.0 Å². The standard InChI is InChI=1S/C22H16O8.K.H2O/c23-22(24)10-15-16(29-13-4-6-18-20(8-13)27-11-25-18)2-1-3-17(15)30-14-5-7-19-21(9-14)28-12-26-19;;/h1-9H,10-12H2,(H,23,24);;1H2/q;+1;/p-1. The fourth-order valence-electron chi connectivity index (χ4n) is 3.20. The fourth-order valence-corrected chi connectivity index (χ4v) is 3.20. The van der Waals surface area contributed by atoms with Crippen molar-refractivity contribution in [1.29, 1.82) is 0 Å². The molecule has 32 heavy (non-hydrogen) atoms. The summed E-state index contributed by atoms with van der Waals surface area (Å²) in [5.41, 5.74) is 0.403. The Balaban J connectivity index is 0.00000144. The Morgan fingerprint density at radius 1 is 0.781 bits per heavy atom. The molecule has 5 rings (SSSR count). The number of fused-ring (bicyclic) bond motifs is 2. The molecule has 3 aromatic rings. The molecule has 9 nitrogen and oxygen atoms in total. The van der Waals surface area contributed by atoms with E-state index in [0.717, 1.165) is 0 Å². The fraction of sp³-hybridized carbons (Fsp3) is 0.136. The third kappa shape index (κ3) is 5.12. The predicted molar refractivity (Wildman–Crippen MR) is 105 cm³/mol. The van der Waals surface area contributed by atoms with Crippen molar-refractivity contribution in [3.8, 4) is 46.0 Å². The Bertz CT molecular complexity index is 1050. The molecule has 0 spiro atoms. The Labute approximate surface area is 225 Å². The van der Waals surface area contributed by atoms with E-state index in [4.69, 9.17) is 28.4 Å². The zero-order chi connectivity index (χ0) is 20.5. The van der Waals surface area contributed by atoms with Crippen LogP contribution in [-0.2, 0) is 11.2 Å². The quantitative estimate of drug-likeness (QED) is 0.536. The summed E-state index contributed by atoms with van der Waals surface area (Å²) < 4.78 is 33.3. The van der Waals surface area contributed by atoms with Crippen LogP contribution in [0.25, 0.3) is 0 Å². The number of ether oxygens (including phenoxy) is 6. The molecule has 2 N–H and O–H groups in total. The van der Waals surface area contributed by atoms with E-state index in [1.165, 1.54) is 0 Å². The van der Waals surface area contributed by atoms with Gasteiger partial charge in [0.2, 0.25) is 13.6 Å². The van der Waals surface area contributed by atoms with Crippen molar-refractivity contribution in [1.82, 2.24) is 0 Å². The van der Waals surface area contributed by atoms with Gasteiger partial charge in [-0.2, -0.15) is 0 Å². The maximum absolute atomic E-state index is 11.5. The minimum atomic E-state index is -1.01. The molecule has 0 saturated carbocycles. The SMILES string of the molecule is O=C(O)Cc1c(Oc2ccc3c(c2)OCO3)cccc1Oc1ccc2c(c1)OCO2.[K+].[OH-]. The van der Waals surface area contributed by atoms with Crippen LogP contribution in [0.2, 0.25) is 0 Å².